The lowest BCUT2D eigenvalue weighted by molar-refractivity contribution is 0.359. The fourth-order valence-corrected chi connectivity index (χ4v) is 3.00. The van der Waals surface area contributed by atoms with Crippen molar-refractivity contribution in [3.8, 4) is 0 Å². The van der Waals surface area contributed by atoms with Gasteiger partial charge in [0.15, 0.2) is 11.8 Å². The quantitative estimate of drug-likeness (QED) is 0.258. The maximum atomic E-state index is 6.19. The summed E-state index contributed by atoms with van der Waals surface area (Å²) in [6.45, 7) is 5.18. The second-order valence-corrected chi connectivity index (χ2v) is 8.11. The lowest BCUT2D eigenvalue weighted by Gasteiger charge is -2.22. The van der Waals surface area contributed by atoms with Crippen LogP contribution in [-0.2, 0) is 8.85 Å². The van der Waals surface area contributed by atoms with E-state index < -0.39 is 7.87 Å². The van der Waals surface area contributed by atoms with Crippen molar-refractivity contribution in [2.45, 2.75) is 20.4 Å². The minimum Gasteiger partial charge on any atom is -0.489 e. The Balaban J connectivity index is 4.49. The molecule has 17 heavy (non-hydrogen) atoms. The molecule has 0 amide bonds. The monoisotopic (exact) mass is 280 g/mol. The highest BCUT2D eigenvalue weighted by molar-refractivity contribution is 7.13. The van der Waals surface area contributed by atoms with Crippen LogP contribution in [0, 0.1) is 0 Å². The molecule has 0 fully saturated rings. The van der Waals surface area contributed by atoms with Crippen LogP contribution < -0.4 is 0 Å². The van der Waals surface area contributed by atoms with Gasteiger partial charge in [-0.1, -0.05) is 11.1 Å². The molecule has 0 aromatic carbocycles. The molecule has 0 rings (SSSR count). The molecule has 0 heterocycles. The Morgan fingerprint density at radius 1 is 0.941 bits per heavy atom. The van der Waals surface area contributed by atoms with Crippen LogP contribution >= 0.6 is 11.1 Å². The smallest absolute Gasteiger partial charge is 0.489 e. The summed E-state index contributed by atoms with van der Waals surface area (Å²) in [6.07, 6.45) is 0. The van der Waals surface area contributed by atoms with Gasteiger partial charge >= 0.3 is 7.87 Å². The van der Waals surface area contributed by atoms with Crippen LogP contribution in [0.4, 0.5) is 0 Å². The summed E-state index contributed by atoms with van der Waals surface area (Å²) in [4.78, 5) is 0. The SMILES string of the molecule is C/C(=N\N(C)C)O[Si](C)(Cl)O/C(C)=N/N(C)C. The van der Waals surface area contributed by atoms with E-state index in [0.717, 1.165) is 0 Å². The van der Waals surface area contributed by atoms with E-state index in [-0.39, 0.29) is 0 Å². The lowest BCUT2D eigenvalue weighted by Crippen LogP contribution is -2.36. The zero-order chi connectivity index (χ0) is 13.6. The zero-order valence-electron chi connectivity index (χ0n) is 11.5. The van der Waals surface area contributed by atoms with Gasteiger partial charge in [0.1, 0.15) is 0 Å². The Hall–Kier alpha value is -0.953. The average Bonchev–Trinajstić information content (AvgIpc) is 1.95. The van der Waals surface area contributed by atoms with E-state index in [4.69, 9.17) is 19.9 Å². The fourth-order valence-electron chi connectivity index (χ4n) is 1.15. The number of rotatable bonds is 4. The van der Waals surface area contributed by atoms with Crippen molar-refractivity contribution in [2.75, 3.05) is 28.2 Å². The molecule has 100 valence electrons. The van der Waals surface area contributed by atoms with Gasteiger partial charge in [0, 0.05) is 48.6 Å². The van der Waals surface area contributed by atoms with Gasteiger partial charge in [0.25, 0.3) is 0 Å². The third-order valence-electron chi connectivity index (χ3n) is 1.34. The first kappa shape index (κ1) is 16.0. The number of halogens is 1. The molecule has 0 aliphatic rings. The molecule has 8 heteroatoms. The number of hydrogen-bond donors (Lipinski definition) is 0. The van der Waals surface area contributed by atoms with Gasteiger partial charge in [0.2, 0.25) is 0 Å². The summed E-state index contributed by atoms with van der Waals surface area (Å²) in [5.41, 5.74) is 0. The highest BCUT2D eigenvalue weighted by Crippen LogP contribution is 2.14. The van der Waals surface area contributed by atoms with Crippen molar-refractivity contribution in [3.63, 3.8) is 0 Å². The van der Waals surface area contributed by atoms with Crippen molar-refractivity contribution in [2.24, 2.45) is 10.2 Å². The second kappa shape index (κ2) is 6.70. The van der Waals surface area contributed by atoms with Crippen molar-refractivity contribution < 1.29 is 8.85 Å². The van der Waals surface area contributed by atoms with Crippen LogP contribution in [0.3, 0.4) is 0 Å². The summed E-state index contributed by atoms with van der Waals surface area (Å²) in [5, 5.41) is 11.4. The largest absolute Gasteiger partial charge is 0.567 e. The molecule has 0 unspecified atom stereocenters. The normalized spacial score (nSPS) is 16.2. The average molecular weight is 281 g/mol. The highest BCUT2D eigenvalue weighted by atomic mass is 35.6. The van der Waals surface area contributed by atoms with Crippen molar-refractivity contribution in [1.29, 1.82) is 0 Å². The Morgan fingerprint density at radius 2 is 1.24 bits per heavy atom. The van der Waals surface area contributed by atoms with E-state index in [0.29, 0.717) is 11.8 Å². The molecule has 0 aromatic rings. The van der Waals surface area contributed by atoms with E-state index >= 15 is 0 Å². The Kier molecular flexibility index (Phi) is 6.33. The molecule has 6 nitrogen and oxygen atoms in total. The molecule has 0 bridgehead atoms. The number of hydrazone groups is 2. The predicted octanol–water partition coefficient (Wildman–Crippen LogP) is 1.62. The van der Waals surface area contributed by atoms with Gasteiger partial charge < -0.3 is 8.85 Å². The Bertz CT molecular complexity index is 277. The standard InChI is InChI=1S/C9H21ClN4O2Si/c1-8(11-13(3)4)15-17(7,10)16-9(2)12-14(5)6/h1-7H3/b11-8+,12-9+. The first-order valence-electron chi connectivity index (χ1n) is 5.14. The molecule has 0 atom stereocenters. The van der Waals surface area contributed by atoms with E-state index in [1.165, 1.54) is 0 Å². The van der Waals surface area contributed by atoms with Crippen molar-refractivity contribution >= 4 is 30.7 Å². The van der Waals surface area contributed by atoms with Crippen LogP contribution in [0.2, 0.25) is 6.55 Å². The Labute approximate surface area is 109 Å². The summed E-state index contributed by atoms with van der Waals surface area (Å²) in [7, 11) is 4.41. The minimum absolute atomic E-state index is 0.469. The van der Waals surface area contributed by atoms with Crippen LogP contribution in [0.5, 0.6) is 0 Å². The van der Waals surface area contributed by atoms with E-state index in [2.05, 4.69) is 10.2 Å². The molecule has 0 aliphatic heterocycles. The van der Waals surface area contributed by atoms with Gasteiger partial charge in [-0.25, -0.2) is 0 Å². The van der Waals surface area contributed by atoms with Gasteiger partial charge in [-0.05, 0) is 0 Å². The fraction of sp³-hybridized carbons (Fsp3) is 0.778. The van der Waals surface area contributed by atoms with E-state index in [1.54, 1.807) is 58.6 Å². The van der Waals surface area contributed by atoms with Crippen LogP contribution in [-0.4, -0.2) is 57.9 Å². The Morgan fingerprint density at radius 3 is 1.47 bits per heavy atom. The second-order valence-electron chi connectivity index (χ2n) is 3.97. The molecule has 0 spiro atoms. The zero-order valence-corrected chi connectivity index (χ0v) is 13.2. The number of nitrogens with zero attached hydrogens (tertiary/aromatic N) is 4. The molecule has 0 N–H and O–H groups in total. The number of hydrogen-bond acceptors (Lipinski definition) is 6. The van der Waals surface area contributed by atoms with Crippen LogP contribution in [0.15, 0.2) is 10.2 Å². The minimum atomic E-state index is -2.81. The van der Waals surface area contributed by atoms with Gasteiger partial charge in [-0.15, -0.1) is 10.2 Å². The molecular weight excluding hydrogens is 260 g/mol. The maximum Gasteiger partial charge on any atom is 0.567 e. The topological polar surface area (TPSA) is 49.7 Å². The van der Waals surface area contributed by atoms with Crippen LogP contribution in [0.25, 0.3) is 0 Å². The van der Waals surface area contributed by atoms with Gasteiger partial charge in [-0.3, -0.25) is 10.0 Å². The summed E-state index contributed by atoms with van der Waals surface area (Å²) in [6, 6.07) is 0. The summed E-state index contributed by atoms with van der Waals surface area (Å²) >= 11 is 6.19. The maximum absolute atomic E-state index is 6.19. The first-order chi connectivity index (χ1) is 7.62. The summed E-state index contributed by atoms with van der Waals surface area (Å²) < 4.78 is 11.0. The van der Waals surface area contributed by atoms with Gasteiger partial charge in [-0.2, -0.15) is 0 Å². The molecule has 0 aliphatic carbocycles. The highest BCUT2D eigenvalue weighted by Gasteiger charge is 2.35. The third-order valence-corrected chi connectivity index (χ3v) is 3.12. The third kappa shape index (κ3) is 8.81. The van der Waals surface area contributed by atoms with Crippen LogP contribution in [0.1, 0.15) is 13.8 Å². The van der Waals surface area contributed by atoms with Crippen molar-refractivity contribution in [1.82, 2.24) is 10.0 Å². The lowest BCUT2D eigenvalue weighted by atomic mass is 10.8. The first-order valence-corrected chi connectivity index (χ1v) is 8.47. The molecule has 0 aromatic heterocycles. The molecular formula is C9H21ClN4O2Si. The van der Waals surface area contributed by atoms with E-state index in [9.17, 15) is 0 Å². The van der Waals surface area contributed by atoms with Gasteiger partial charge in [0.05, 0.1) is 0 Å². The molecule has 0 saturated heterocycles. The van der Waals surface area contributed by atoms with Crippen molar-refractivity contribution in [3.05, 3.63) is 0 Å². The molecule has 0 radical (unpaired) electrons. The predicted molar refractivity (Wildman–Crippen MR) is 73.2 cm³/mol. The summed E-state index contributed by atoms with van der Waals surface area (Å²) in [5.74, 6) is 0.939. The molecule has 0 saturated carbocycles. The van der Waals surface area contributed by atoms with E-state index in [1.807, 2.05) is 0 Å².